The summed E-state index contributed by atoms with van der Waals surface area (Å²) in [7, 11) is 0. The Morgan fingerprint density at radius 2 is 2.00 bits per heavy atom. The highest BCUT2D eigenvalue weighted by atomic mass is 32.1. The van der Waals surface area contributed by atoms with Gasteiger partial charge in [0, 0.05) is 15.8 Å². The molecule has 21 heavy (non-hydrogen) atoms. The second kappa shape index (κ2) is 6.23. The first kappa shape index (κ1) is 14.8. The van der Waals surface area contributed by atoms with Crippen molar-refractivity contribution < 1.29 is 19.8 Å². The number of para-hydroxylation sites is 1. The lowest BCUT2D eigenvalue weighted by Gasteiger charge is -2.07. The van der Waals surface area contributed by atoms with E-state index in [-0.39, 0.29) is 11.3 Å². The van der Waals surface area contributed by atoms with Gasteiger partial charge in [0.15, 0.2) is 5.75 Å². The minimum Gasteiger partial charge on any atom is -0.505 e. The molecule has 1 aromatic heterocycles. The molecule has 2 rings (SSSR count). The largest absolute Gasteiger partial charge is 0.505 e. The van der Waals surface area contributed by atoms with Gasteiger partial charge < -0.3 is 15.5 Å². The second-order valence-electron chi connectivity index (χ2n) is 4.28. The minimum absolute atomic E-state index is 0.0620. The van der Waals surface area contributed by atoms with E-state index in [9.17, 15) is 14.7 Å². The quantitative estimate of drug-likeness (QED) is 0.598. The number of amides is 1. The Kier molecular flexibility index (Phi) is 4.39. The molecule has 0 radical (unpaired) electrons. The summed E-state index contributed by atoms with van der Waals surface area (Å²) in [5.74, 6) is -2.16. The molecular formula is C15H13NO4S. The van der Waals surface area contributed by atoms with E-state index in [1.807, 2.05) is 19.1 Å². The smallest absolute Gasteiger partial charge is 0.339 e. The van der Waals surface area contributed by atoms with Crippen molar-refractivity contribution in [2.45, 2.75) is 6.92 Å². The van der Waals surface area contributed by atoms with E-state index in [0.29, 0.717) is 0 Å². The van der Waals surface area contributed by atoms with Crippen LogP contribution < -0.4 is 5.32 Å². The number of aryl methyl sites for hydroxylation is 1. The van der Waals surface area contributed by atoms with Gasteiger partial charge in [-0.25, -0.2) is 4.79 Å². The fraction of sp³-hybridized carbons (Fsp3) is 0.0667. The van der Waals surface area contributed by atoms with Crippen LogP contribution >= 0.6 is 11.3 Å². The van der Waals surface area contributed by atoms with Crippen LogP contribution in [0.3, 0.4) is 0 Å². The van der Waals surface area contributed by atoms with E-state index < -0.39 is 17.6 Å². The highest BCUT2D eigenvalue weighted by Gasteiger charge is 2.13. The lowest BCUT2D eigenvalue weighted by Crippen LogP contribution is -2.09. The summed E-state index contributed by atoms with van der Waals surface area (Å²) in [5.41, 5.74) is -0.197. The van der Waals surface area contributed by atoms with Gasteiger partial charge in [-0.2, -0.15) is 0 Å². The highest BCUT2D eigenvalue weighted by molar-refractivity contribution is 7.12. The molecule has 3 N–H and O–H groups in total. The first-order valence-electron chi connectivity index (χ1n) is 6.08. The fourth-order valence-corrected chi connectivity index (χ4v) is 2.47. The number of carboxylic acids is 1. The first-order chi connectivity index (χ1) is 9.97. The zero-order valence-corrected chi connectivity index (χ0v) is 12.0. The van der Waals surface area contributed by atoms with Crippen molar-refractivity contribution in [1.82, 2.24) is 0 Å². The number of nitrogens with one attached hydrogen (secondary N) is 1. The average molecular weight is 303 g/mol. The fourth-order valence-electron chi connectivity index (χ4n) is 1.69. The van der Waals surface area contributed by atoms with Crippen LogP contribution in [0.2, 0.25) is 0 Å². The molecular weight excluding hydrogens is 290 g/mol. The van der Waals surface area contributed by atoms with Gasteiger partial charge in [-0.05, 0) is 37.3 Å². The van der Waals surface area contributed by atoms with Crippen LogP contribution in [0.5, 0.6) is 5.75 Å². The second-order valence-corrected chi connectivity index (χ2v) is 5.60. The number of carbonyl (C=O) groups excluding carboxylic acids is 1. The predicted molar refractivity (Wildman–Crippen MR) is 81.8 cm³/mol. The van der Waals surface area contributed by atoms with E-state index >= 15 is 0 Å². The maximum absolute atomic E-state index is 11.8. The van der Waals surface area contributed by atoms with E-state index in [1.54, 1.807) is 17.4 Å². The Bertz CT molecular complexity index is 718. The number of carbonyl (C=O) groups is 2. The number of aromatic hydroxyl groups is 1. The van der Waals surface area contributed by atoms with Crippen molar-refractivity contribution in [2.75, 3.05) is 5.32 Å². The van der Waals surface area contributed by atoms with E-state index in [4.69, 9.17) is 5.11 Å². The van der Waals surface area contributed by atoms with Crippen molar-refractivity contribution in [3.8, 4) is 5.75 Å². The van der Waals surface area contributed by atoms with Crippen molar-refractivity contribution >= 4 is 35.0 Å². The summed E-state index contributed by atoms with van der Waals surface area (Å²) in [6, 6.07) is 7.99. The lowest BCUT2D eigenvalue weighted by molar-refractivity contribution is -0.111. The van der Waals surface area contributed by atoms with Gasteiger partial charge in [-0.15, -0.1) is 11.3 Å². The number of anilines is 1. The number of benzene rings is 1. The molecule has 0 spiro atoms. The minimum atomic E-state index is -1.26. The van der Waals surface area contributed by atoms with E-state index in [0.717, 1.165) is 9.75 Å². The highest BCUT2D eigenvalue weighted by Crippen LogP contribution is 2.27. The topological polar surface area (TPSA) is 86.6 Å². The Balaban J connectivity index is 2.11. The van der Waals surface area contributed by atoms with E-state index in [2.05, 4.69) is 5.32 Å². The van der Waals surface area contributed by atoms with Crippen molar-refractivity contribution in [1.29, 1.82) is 0 Å². The summed E-state index contributed by atoms with van der Waals surface area (Å²) in [6.45, 7) is 1.97. The Morgan fingerprint density at radius 3 is 2.62 bits per heavy atom. The number of phenols is 1. The zero-order valence-electron chi connectivity index (χ0n) is 11.2. The Hall–Kier alpha value is -2.60. The van der Waals surface area contributed by atoms with E-state index in [1.165, 1.54) is 24.3 Å². The molecule has 0 saturated heterocycles. The summed E-state index contributed by atoms with van der Waals surface area (Å²) < 4.78 is 0. The van der Waals surface area contributed by atoms with Crippen LogP contribution in [0, 0.1) is 6.92 Å². The third-order valence-electron chi connectivity index (χ3n) is 2.68. The summed E-state index contributed by atoms with van der Waals surface area (Å²) in [4.78, 5) is 24.7. The van der Waals surface area contributed by atoms with Crippen LogP contribution in [0.4, 0.5) is 5.69 Å². The molecule has 0 bridgehead atoms. The molecule has 6 heteroatoms. The monoisotopic (exact) mass is 303 g/mol. The molecule has 0 unspecified atom stereocenters. The number of aromatic carboxylic acids is 1. The van der Waals surface area contributed by atoms with Gasteiger partial charge in [0.25, 0.3) is 0 Å². The standard InChI is InChI=1S/C15H13NO4S/c1-9-5-6-10(21-9)7-8-13(17)16-12-4-2-3-11(14(12)18)15(19)20/h2-8,18H,1H3,(H,16,17)(H,19,20)/b8-7+. The normalized spacial score (nSPS) is 10.7. The Morgan fingerprint density at radius 1 is 1.24 bits per heavy atom. The number of rotatable bonds is 4. The number of hydrogen-bond acceptors (Lipinski definition) is 4. The van der Waals surface area contributed by atoms with Gasteiger partial charge in [-0.3, -0.25) is 4.79 Å². The molecule has 5 nitrogen and oxygen atoms in total. The maximum Gasteiger partial charge on any atom is 0.339 e. The predicted octanol–water partition coefficient (Wildman–Crippen LogP) is 3.11. The molecule has 0 atom stereocenters. The van der Waals surface area contributed by atoms with Gasteiger partial charge in [0.2, 0.25) is 5.91 Å². The van der Waals surface area contributed by atoms with Crippen molar-refractivity contribution in [3.05, 3.63) is 51.7 Å². The molecule has 2 aromatic rings. The van der Waals surface area contributed by atoms with Gasteiger partial charge in [0.05, 0.1) is 5.69 Å². The summed E-state index contributed by atoms with van der Waals surface area (Å²) in [5, 5.41) is 21.1. The summed E-state index contributed by atoms with van der Waals surface area (Å²) in [6.07, 6.45) is 2.99. The summed E-state index contributed by atoms with van der Waals surface area (Å²) >= 11 is 1.55. The molecule has 0 saturated carbocycles. The zero-order chi connectivity index (χ0) is 15.4. The lowest BCUT2D eigenvalue weighted by atomic mass is 10.1. The third-order valence-corrected chi connectivity index (χ3v) is 3.65. The number of thiophene rings is 1. The van der Waals surface area contributed by atoms with Crippen LogP contribution in [-0.2, 0) is 4.79 Å². The molecule has 1 heterocycles. The van der Waals surface area contributed by atoms with Crippen LogP contribution in [0.15, 0.2) is 36.4 Å². The number of hydrogen-bond donors (Lipinski definition) is 3. The Labute approximate surface area is 125 Å². The molecule has 1 aromatic carbocycles. The average Bonchev–Trinajstić information content (AvgIpc) is 2.84. The molecule has 0 aliphatic rings. The van der Waals surface area contributed by atoms with Crippen LogP contribution in [0.25, 0.3) is 6.08 Å². The maximum atomic E-state index is 11.8. The van der Waals surface area contributed by atoms with Crippen LogP contribution in [-0.4, -0.2) is 22.1 Å². The molecule has 108 valence electrons. The van der Waals surface area contributed by atoms with Gasteiger partial charge in [-0.1, -0.05) is 6.07 Å². The number of carboxylic acid groups (broad SMARTS) is 1. The van der Waals surface area contributed by atoms with Gasteiger partial charge in [0.1, 0.15) is 5.56 Å². The first-order valence-corrected chi connectivity index (χ1v) is 6.90. The molecule has 1 amide bonds. The SMILES string of the molecule is Cc1ccc(/C=C/C(=O)Nc2cccc(C(=O)O)c2O)s1. The molecule has 0 aliphatic carbocycles. The molecule has 0 fully saturated rings. The van der Waals surface area contributed by atoms with Crippen molar-refractivity contribution in [2.24, 2.45) is 0 Å². The molecule has 0 aliphatic heterocycles. The van der Waals surface area contributed by atoms with Gasteiger partial charge >= 0.3 is 5.97 Å². The third kappa shape index (κ3) is 3.70. The van der Waals surface area contributed by atoms with Crippen LogP contribution in [0.1, 0.15) is 20.1 Å². The van der Waals surface area contributed by atoms with Crippen molar-refractivity contribution in [3.63, 3.8) is 0 Å².